The minimum absolute atomic E-state index is 0.0986. The number of amides is 1. The lowest BCUT2D eigenvalue weighted by molar-refractivity contribution is -0.384. The van der Waals surface area contributed by atoms with Crippen LogP contribution in [0.1, 0.15) is 10.4 Å². The van der Waals surface area contributed by atoms with Crippen molar-refractivity contribution in [3.63, 3.8) is 0 Å². The van der Waals surface area contributed by atoms with E-state index in [1.165, 1.54) is 31.4 Å². The topological polar surface area (TPSA) is 90.7 Å². The number of hydrogen-bond donors (Lipinski definition) is 1. The van der Waals surface area contributed by atoms with Crippen LogP contribution in [0.4, 0.5) is 11.4 Å². The van der Waals surface area contributed by atoms with E-state index in [4.69, 9.17) is 9.47 Å². The average Bonchev–Trinajstić information content (AvgIpc) is 2.59. The van der Waals surface area contributed by atoms with E-state index >= 15 is 0 Å². The van der Waals surface area contributed by atoms with Crippen molar-refractivity contribution in [1.82, 2.24) is 0 Å². The van der Waals surface area contributed by atoms with Gasteiger partial charge in [-0.3, -0.25) is 14.9 Å². The van der Waals surface area contributed by atoms with E-state index in [-0.39, 0.29) is 5.69 Å². The van der Waals surface area contributed by atoms with Crippen LogP contribution < -0.4 is 14.8 Å². The summed E-state index contributed by atoms with van der Waals surface area (Å²) in [5, 5.41) is 13.4. The van der Waals surface area contributed by atoms with Crippen LogP contribution in [0.25, 0.3) is 0 Å². The van der Waals surface area contributed by atoms with Crippen LogP contribution in [0.15, 0.2) is 55.1 Å². The predicted octanol–water partition coefficient (Wildman–Crippen LogP) is 3.42. The zero-order chi connectivity index (χ0) is 17.5. The summed E-state index contributed by atoms with van der Waals surface area (Å²) >= 11 is 0. The van der Waals surface area contributed by atoms with Gasteiger partial charge in [-0.25, -0.2) is 0 Å². The number of anilines is 1. The molecule has 0 spiro atoms. The largest absolute Gasteiger partial charge is 0.493 e. The first-order valence-electron chi connectivity index (χ1n) is 7.02. The van der Waals surface area contributed by atoms with E-state index in [1.807, 2.05) is 0 Å². The maximum atomic E-state index is 12.3. The summed E-state index contributed by atoms with van der Waals surface area (Å²) in [6.07, 6.45) is 1.60. The fourth-order valence-corrected chi connectivity index (χ4v) is 1.98. The quantitative estimate of drug-likeness (QED) is 0.478. The van der Waals surface area contributed by atoms with Crippen LogP contribution in [0.5, 0.6) is 11.5 Å². The number of non-ortho nitro benzene ring substituents is 1. The monoisotopic (exact) mass is 328 g/mol. The zero-order valence-corrected chi connectivity index (χ0v) is 13.0. The highest BCUT2D eigenvalue weighted by Crippen LogP contribution is 2.28. The molecule has 0 aromatic heterocycles. The maximum Gasteiger partial charge on any atom is 0.271 e. The number of nitro benzene ring substituents is 1. The summed E-state index contributed by atoms with van der Waals surface area (Å²) in [6, 6.07) is 10.4. The van der Waals surface area contributed by atoms with Gasteiger partial charge in [-0.1, -0.05) is 18.7 Å². The Balaban J connectivity index is 2.19. The molecule has 0 unspecified atom stereocenters. The van der Waals surface area contributed by atoms with E-state index in [1.54, 1.807) is 24.3 Å². The first kappa shape index (κ1) is 17.0. The molecule has 1 N–H and O–H groups in total. The van der Waals surface area contributed by atoms with Gasteiger partial charge in [0.25, 0.3) is 11.6 Å². The van der Waals surface area contributed by atoms with Gasteiger partial charge in [-0.15, -0.1) is 0 Å². The highest BCUT2D eigenvalue weighted by atomic mass is 16.6. The third-order valence-electron chi connectivity index (χ3n) is 3.10. The van der Waals surface area contributed by atoms with Crippen molar-refractivity contribution in [3.8, 4) is 11.5 Å². The van der Waals surface area contributed by atoms with Gasteiger partial charge in [0.15, 0.2) is 11.5 Å². The number of carbonyl (C=O) groups is 1. The number of hydrogen-bond acceptors (Lipinski definition) is 5. The highest BCUT2D eigenvalue weighted by molar-refractivity contribution is 6.04. The number of carbonyl (C=O) groups excluding carboxylic acids is 1. The highest BCUT2D eigenvalue weighted by Gasteiger charge is 2.13. The summed E-state index contributed by atoms with van der Waals surface area (Å²) in [7, 11) is 1.47. The fourth-order valence-electron chi connectivity index (χ4n) is 1.98. The number of ether oxygens (including phenoxy) is 2. The molecule has 2 rings (SSSR count). The third-order valence-corrected chi connectivity index (χ3v) is 3.10. The smallest absolute Gasteiger partial charge is 0.271 e. The molecule has 2 aromatic rings. The Kier molecular flexibility index (Phi) is 5.51. The molecule has 2 aromatic carbocycles. The van der Waals surface area contributed by atoms with E-state index in [2.05, 4.69) is 11.9 Å². The lowest BCUT2D eigenvalue weighted by atomic mass is 10.1. The molecule has 0 saturated heterocycles. The molecule has 7 nitrogen and oxygen atoms in total. The predicted molar refractivity (Wildman–Crippen MR) is 89.7 cm³/mol. The Morgan fingerprint density at radius 1 is 1.29 bits per heavy atom. The molecule has 0 aliphatic rings. The summed E-state index contributed by atoms with van der Waals surface area (Å²) in [5.41, 5.74) is 0.572. The maximum absolute atomic E-state index is 12.3. The second-order valence-electron chi connectivity index (χ2n) is 4.73. The van der Waals surface area contributed by atoms with Gasteiger partial charge in [0.05, 0.1) is 12.0 Å². The van der Waals surface area contributed by atoms with Crippen molar-refractivity contribution < 1.29 is 19.2 Å². The van der Waals surface area contributed by atoms with E-state index < -0.39 is 10.8 Å². The lowest BCUT2D eigenvalue weighted by Crippen LogP contribution is -2.12. The van der Waals surface area contributed by atoms with Gasteiger partial charge in [0, 0.05) is 23.4 Å². The summed E-state index contributed by atoms with van der Waals surface area (Å²) in [6.45, 7) is 3.88. The first-order chi connectivity index (χ1) is 11.5. The van der Waals surface area contributed by atoms with Crippen molar-refractivity contribution in [3.05, 3.63) is 70.8 Å². The van der Waals surface area contributed by atoms with E-state index in [0.717, 1.165) is 0 Å². The van der Waals surface area contributed by atoms with Crippen molar-refractivity contribution in [1.29, 1.82) is 0 Å². The molecule has 0 heterocycles. The second kappa shape index (κ2) is 7.77. The molecule has 1 amide bonds. The van der Waals surface area contributed by atoms with Crippen LogP contribution in [0, 0.1) is 10.1 Å². The van der Waals surface area contributed by atoms with Crippen LogP contribution in [0.2, 0.25) is 0 Å². The Hall–Kier alpha value is -3.35. The molecule has 0 bridgehead atoms. The van der Waals surface area contributed by atoms with Crippen LogP contribution in [0.3, 0.4) is 0 Å². The third kappa shape index (κ3) is 4.10. The lowest BCUT2D eigenvalue weighted by Gasteiger charge is -2.11. The van der Waals surface area contributed by atoms with Crippen molar-refractivity contribution >= 4 is 17.3 Å². The molecule has 24 heavy (non-hydrogen) atoms. The molecular formula is C17H16N2O5. The molecule has 0 aliphatic heterocycles. The van der Waals surface area contributed by atoms with Crippen LogP contribution >= 0.6 is 0 Å². The SMILES string of the molecule is C=CCOc1ccc(C(=O)Nc2cccc([N+](=O)[O-])c2)cc1OC. The normalized spacial score (nSPS) is 9.88. The number of benzene rings is 2. The molecule has 0 saturated carbocycles. The van der Waals surface area contributed by atoms with Gasteiger partial charge in [0.2, 0.25) is 0 Å². The standard InChI is InChI=1S/C17H16N2O5/c1-3-9-24-15-8-7-12(10-16(15)23-2)17(20)18-13-5-4-6-14(11-13)19(21)22/h3-8,10-11H,1,9H2,2H3,(H,18,20). The van der Waals surface area contributed by atoms with E-state index in [9.17, 15) is 14.9 Å². The van der Waals surface area contributed by atoms with Crippen LogP contribution in [-0.2, 0) is 0 Å². The molecule has 0 fully saturated rings. The van der Waals surface area contributed by atoms with Crippen LogP contribution in [-0.4, -0.2) is 24.5 Å². The number of methoxy groups -OCH3 is 1. The molecule has 7 heteroatoms. The van der Waals surface area contributed by atoms with Gasteiger partial charge in [-0.05, 0) is 24.3 Å². The number of nitro groups is 1. The molecule has 0 radical (unpaired) electrons. The minimum Gasteiger partial charge on any atom is -0.493 e. The van der Waals surface area contributed by atoms with E-state index in [0.29, 0.717) is 29.4 Å². The van der Waals surface area contributed by atoms with Crippen molar-refractivity contribution in [2.75, 3.05) is 19.0 Å². The molecular weight excluding hydrogens is 312 g/mol. The average molecular weight is 328 g/mol. The summed E-state index contributed by atoms with van der Waals surface area (Å²) < 4.78 is 10.6. The van der Waals surface area contributed by atoms with Gasteiger partial charge in [0.1, 0.15) is 6.61 Å². The second-order valence-corrected chi connectivity index (χ2v) is 4.73. The molecule has 124 valence electrons. The van der Waals surface area contributed by atoms with Gasteiger partial charge in [-0.2, -0.15) is 0 Å². The Bertz CT molecular complexity index is 773. The molecule has 0 aliphatic carbocycles. The number of rotatable bonds is 7. The Morgan fingerprint density at radius 3 is 2.75 bits per heavy atom. The molecule has 0 atom stereocenters. The van der Waals surface area contributed by atoms with Gasteiger partial charge >= 0.3 is 0 Å². The Labute approximate surface area is 138 Å². The summed E-state index contributed by atoms with van der Waals surface area (Å²) in [4.78, 5) is 22.5. The number of nitrogens with zero attached hydrogens (tertiary/aromatic N) is 1. The fraction of sp³-hybridized carbons (Fsp3) is 0.118. The van der Waals surface area contributed by atoms with Crippen molar-refractivity contribution in [2.24, 2.45) is 0 Å². The summed E-state index contributed by atoms with van der Waals surface area (Å²) in [5.74, 6) is 0.483. The number of nitrogens with one attached hydrogen (secondary N) is 1. The zero-order valence-electron chi connectivity index (χ0n) is 13.0. The van der Waals surface area contributed by atoms with Crippen molar-refractivity contribution in [2.45, 2.75) is 0 Å². The first-order valence-corrected chi connectivity index (χ1v) is 7.02. The Morgan fingerprint density at radius 2 is 2.08 bits per heavy atom. The minimum atomic E-state index is -0.523. The van der Waals surface area contributed by atoms with Gasteiger partial charge < -0.3 is 14.8 Å².